The van der Waals surface area contributed by atoms with Crippen molar-refractivity contribution in [2.24, 2.45) is 0 Å². The molecule has 34 heavy (non-hydrogen) atoms. The van der Waals surface area contributed by atoms with Crippen LogP contribution in [-0.4, -0.2) is 71.1 Å². The normalized spacial score (nSPS) is 17.3. The van der Waals surface area contributed by atoms with Crippen molar-refractivity contribution in [1.82, 2.24) is 24.8 Å². The summed E-state index contributed by atoms with van der Waals surface area (Å²) < 4.78 is 3.43. The number of rotatable bonds is 9. The van der Waals surface area contributed by atoms with E-state index in [4.69, 9.17) is 0 Å². The molecule has 0 spiro atoms. The topological polar surface area (TPSA) is 89.6 Å². The van der Waals surface area contributed by atoms with Crippen molar-refractivity contribution in [3.8, 4) is 0 Å². The molecule has 1 saturated heterocycles. The molecule has 1 atom stereocenters. The van der Waals surface area contributed by atoms with Crippen molar-refractivity contribution in [2.45, 2.75) is 44.9 Å². The van der Waals surface area contributed by atoms with Crippen LogP contribution in [0.15, 0.2) is 42.6 Å². The molecule has 2 aliphatic heterocycles. The maximum Gasteiger partial charge on any atom is 0.251 e. The van der Waals surface area contributed by atoms with Gasteiger partial charge in [-0.1, -0.05) is 36.2 Å². The molecule has 1 unspecified atom stereocenters. The number of amides is 2. The molecule has 1 aromatic carbocycles. The Kier molecular flexibility index (Phi) is 8.42. The smallest absolute Gasteiger partial charge is 0.251 e. The second kappa shape index (κ2) is 11.7. The molecule has 182 valence electrons. The number of carbonyl (C=O) groups excluding carboxylic acids is 2. The molecule has 9 heteroatoms. The van der Waals surface area contributed by atoms with Crippen LogP contribution in [0.1, 0.15) is 41.3 Å². The lowest BCUT2D eigenvalue weighted by Gasteiger charge is -2.32. The molecule has 0 bridgehead atoms. The summed E-state index contributed by atoms with van der Waals surface area (Å²) in [5.74, 6) is 0.718. The number of carbonyl (C=O) groups is 2. The van der Waals surface area contributed by atoms with Crippen molar-refractivity contribution in [3.63, 3.8) is 0 Å². The Morgan fingerprint density at radius 2 is 1.85 bits per heavy atom. The number of nitrogens with one attached hydrogen (secondary N) is 3. The van der Waals surface area contributed by atoms with Crippen molar-refractivity contribution < 1.29 is 9.59 Å². The molecule has 0 saturated carbocycles. The Morgan fingerprint density at radius 1 is 1.15 bits per heavy atom. The monoisotopic (exact) mass is 482 g/mol. The lowest BCUT2D eigenvalue weighted by atomic mass is 10.0. The third kappa shape index (κ3) is 6.49. The van der Waals surface area contributed by atoms with Crippen molar-refractivity contribution >= 4 is 29.6 Å². The van der Waals surface area contributed by atoms with Gasteiger partial charge in [-0.25, -0.2) is 4.98 Å². The number of pyridine rings is 1. The van der Waals surface area contributed by atoms with Crippen LogP contribution in [0, 0.1) is 0 Å². The minimum absolute atomic E-state index is 0.102. The molecule has 1 aromatic heterocycles. The molecule has 2 amide bonds. The maximum absolute atomic E-state index is 12.9. The van der Waals surface area contributed by atoms with Gasteiger partial charge in [0, 0.05) is 70.0 Å². The average Bonchev–Trinajstić information content (AvgIpc) is 3.25. The number of benzene rings is 1. The summed E-state index contributed by atoms with van der Waals surface area (Å²) in [7, 11) is 0. The summed E-state index contributed by atoms with van der Waals surface area (Å²) in [6.45, 7) is 6.40. The summed E-state index contributed by atoms with van der Waals surface area (Å²) in [6, 6.07) is 12.5. The Bertz CT molecular complexity index is 970. The Balaban J connectivity index is 1.27. The lowest BCUT2D eigenvalue weighted by molar-refractivity contribution is -0.129. The molecule has 2 aliphatic rings. The predicted octanol–water partition coefficient (Wildman–Crippen LogP) is 2.49. The molecule has 3 N–H and O–H groups in total. The first-order valence-corrected chi connectivity index (χ1v) is 13.1. The molecule has 0 aliphatic carbocycles. The van der Waals surface area contributed by atoms with E-state index in [1.807, 2.05) is 11.2 Å². The first kappa shape index (κ1) is 24.5. The van der Waals surface area contributed by atoms with Gasteiger partial charge in [0.05, 0.1) is 0 Å². The second-order valence-electron chi connectivity index (χ2n) is 9.02. The van der Waals surface area contributed by atoms with E-state index in [-0.39, 0.29) is 23.9 Å². The van der Waals surface area contributed by atoms with E-state index in [1.54, 1.807) is 37.2 Å². The highest BCUT2D eigenvalue weighted by atomic mass is 32.2. The number of likely N-dealkylation sites (tertiary alicyclic amines) is 1. The van der Waals surface area contributed by atoms with Gasteiger partial charge >= 0.3 is 0 Å². The van der Waals surface area contributed by atoms with E-state index in [0.29, 0.717) is 17.9 Å². The van der Waals surface area contributed by atoms with Gasteiger partial charge in [0.2, 0.25) is 5.91 Å². The number of fused-ring (bicyclic) bond motifs is 1. The molecule has 2 aromatic rings. The van der Waals surface area contributed by atoms with E-state index < -0.39 is 0 Å². The first-order valence-electron chi connectivity index (χ1n) is 11.9. The van der Waals surface area contributed by atoms with Gasteiger partial charge in [0.1, 0.15) is 5.82 Å². The summed E-state index contributed by atoms with van der Waals surface area (Å²) in [6.07, 6.45) is 5.43. The Hall–Kier alpha value is -2.62. The van der Waals surface area contributed by atoms with Crippen LogP contribution in [0.4, 0.5) is 5.82 Å². The van der Waals surface area contributed by atoms with Gasteiger partial charge in [-0.05, 0) is 42.4 Å². The third-order valence-corrected chi connectivity index (χ3v) is 7.06. The fourth-order valence-corrected chi connectivity index (χ4v) is 5.16. The van der Waals surface area contributed by atoms with Crippen LogP contribution in [-0.2, 0) is 17.9 Å². The quantitative estimate of drug-likeness (QED) is 0.473. The fraction of sp³-hybridized carbons (Fsp3) is 0.480. The van der Waals surface area contributed by atoms with Gasteiger partial charge in [0.25, 0.3) is 5.91 Å². The molecular weight excluding hydrogens is 448 g/mol. The van der Waals surface area contributed by atoms with Crippen LogP contribution in [0.2, 0.25) is 0 Å². The number of hydrogen-bond donors (Lipinski definition) is 3. The van der Waals surface area contributed by atoms with E-state index >= 15 is 0 Å². The first-order chi connectivity index (χ1) is 16.5. The second-order valence-corrected chi connectivity index (χ2v) is 9.67. The van der Waals surface area contributed by atoms with Crippen LogP contribution in [0.25, 0.3) is 0 Å². The minimum Gasteiger partial charge on any atom is -0.367 e. The number of nitrogens with zero attached hydrogens (tertiary/aromatic N) is 3. The largest absolute Gasteiger partial charge is 0.367 e. The Labute approximate surface area is 206 Å². The van der Waals surface area contributed by atoms with Crippen LogP contribution < -0.4 is 15.4 Å². The number of hydrogen-bond acceptors (Lipinski definition) is 7. The van der Waals surface area contributed by atoms with Gasteiger partial charge < -0.3 is 15.5 Å². The van der Waals surface area contributed by atoms with Crippen LogP contribution >= 0.6 is 11.9 Å². The summed E-state index contributed by atoms with van der Waals surface area (Å²) in [5.41, 5.74) is 3.37. The standard InChI is InChI=1S/C25H34N6O2S/c1-18(32)31-11-8-22(9-12-31)28-24-13-19(7-10-26-24)25(33)27-14-23(29-34-2)17-30-15-20-5-3-4-6-21(20)16-30/h3-7,10,13,22-23,29H,8-9,11-12,14-17H2,1-2H3,(H,26,28)(H,27,33). The van der Waals surface area contributed by atoms with Gasteiger partial charge in [-0.15, -0.1) is 0 Å². The third-order valence-electron chi connectivity index (χ3n) is 6.49. The summed E-state index contributed by atoms with van der Waals surface area (Å²) in [4.78, 5) is 33.1. The minimum atomic E-state index is -0.102. The number of anilines is 1. The lowest BCUT2D eigenvalue weighted by Crippen LogP contribution is -2.44. The van der Waals surface area contributed by atoms with E-state index in [0.717, 1.165) is 45.6 Å². The molecule has 4 rings (SSSR count). The highest BCUT2D eigenvalue weighted by molar-refractivity contribution is 7.96. The van der Waals surface area contributed by atoms with Crippen LogP contribution in [0.5, 0.6) is 0 Å². The van der Waals surface area contributed by atoms with E-state index in [1.165, 1.54) is 11.1 Å². The van der Waals surface area contributed by atoms with Crippen molar-refractivity contribution in [1.29, 1.82) is 0 Å². The van der Waals surface area contributed by atoms with Crippen LogP contribution in [0.3, 0.4) is 0 Å². The van der Waals surface area contributed by atoms with E-state index in [2.05, 4.69) is 49.5 Å². The predicted molar refractivity (Wildman–Crippen MR) is 136 cm³/mol. The van der Waals surface area contributed by atoms with Crippen molar-refractivity contribution in [2.75, 3.05) is 37.8 Å². The molecule has 8 nitrogen and oxygen atoms in total. The summed E-state index contributed by atoms with van der Waals surface area (Å²) >= 11 is 1.58. The average molecular weight is 483 g/mol. The van der Waals surface area contributed by atoms with Gasteiger partial charge in [-0.2, -0.15) is 0 Å². The highest BCUT2D eigenvalue weighted by Crippen LogP contribution is 2.22. The zero-order valence-electron chi connectivity index (χ0n) is 19.9. The summed E-state index contributed by atoms with van der Waals surface area (Å²) in [5, 5.41) is 6.51. The molecular formula is C25H34N6O2S. The van der Waals surface area contributed by atoms with Gasteiger partial charge in [-0.3, -0.25) is 19.2 Å². The maximum atomic E-state index is 12.9. The molecule has 3 heterocycles. The zero-order valence-corrected chi connectivity index (χ0v) is 20.7. The molecule has 1 fully saturated rings. The zero-order chi connectivity index (χ0) is 23.9. The number of aromatic nitrogens is 1. The van der Waals surface area contributed by atoms with Crippen molar-refractivity contribution in [3.05, 3.63) is 59.3 Å². The SMILES string of the molecule is CSNC(CNC(=O)c1ccnc(NC2CCN(C(C)=O)CC2)c1)CN1Cc2ccccc2C1. The Morgan fingerprint density at radius 3 is 2.50 bits per heavy atom. The highest BCUT2D eigenvalue weighted by Gasteiger charge is 2.23. The molecule has 0 radical (unpaired) electrons. The number of piperidine rings is 1. The van der Waals surface area contributed by atoms with E-state index in [9.17, 15) is 9.59 Å². The van der Waals surface area contributed by atoms with Gasteiger partial charge in [0.15, 0.2) is 0 Å². The fourth-order valence-electron chi connectivity index (χ4n) is 4.67.